The summed E-state index contributed by atoms with van der Waals surface area (Å²) < 4.78 is 0. The average Bonchev–Trinajstić information content (AvgIpc) is 2.15. The molecule has 1 amide bonds. The standard InChI is InChI=1S/C15H25NO/c1-12(2)7-5-8-13(3)9-6-10-14(4)11-15(16)17/h7,9,11H,5-6,8,10H2,1-4H3,(H2,16,17). The van der Waals surface area contributed by atoms with Gasteiger partial charge in [0.15, 0.2) is 0 Å². The first-order valence-corrected chi connectivity index (χ1v) is 6.17. The largest absolute Gasteiger partial charge is 0.366 e. The van der Waals surface area contributed by atoms with Gasteiger partial charge < -0.3 is 5.73 Å². The highest BCUT2D eigenvalue weighted by molar-refractivity contribution is 5.86. The quantitative estimate of drug-likeness (QED) is 0.528. The van der Waals surface area contributed by atoms with E-state index in [2.05, 4.69) is 32.9 Å². The molecule has 0 aliphatic carbocycles. The molecule has 0 saturated heterocycles. The minimum absolute atomic E-state index is 0.355. The van der Waals surface area contributed by atoms with Gasteiger partial charge >= 0.3 is 0 Å². The van der Waals surface area contributed by atoms with Crippen LogP contribution in [0, 0.1) is 0 Å². The first-order valence-electron chi connectivity index (χ1n) is 6.17. The predicted molar refractivity (Wildman–Crippen MR) is 74.6 cm³/mol. The Labute approximate surface area is 105 Å². The van der Waals surface area contributed by atoms with Gasteiger partial charge in [0.1, 0.15) is 0 Å². The van der Waals surface area contributed by atoms with Crippen LogP contribution in [-0.4, -0.2) is 5.91 Å². The Morgan fingerprint density at radius 3 is 2.00 bits per heavy atom. The van der Waals surface area contributed by atoms with Crippen molar-refractivity contribution in [3.63, 3.8) is 0 Å². The molecule has 2 N–H and O–H groups in total. The molecular formula is C15H25NO. The van der Waals surface area contributed by atoms with E-state index in [-0.39, 0.29) is 5.91 Å². The highest BCUT2D eigenvalue weighted by Gasteiger charge is 1.93. The van der Waals surface area contributed by atoms with Gasteiger partial charge in [-0.15, -0.1) is 0 Å². The maximum Gasteiger partial charge on any atom is 0.241 e. The van der Waals surface area contributed by atoms with E-state index >= 15 is 0 Å². The molecule has 2 nitrogen and oxygen atoms in total. The number of rotatable bonds is 7. The molecule has 0 spiro atoms. The van der Waals surface area contributed by atoms with E-state index in [9.17, 15) is 4.79 Å². The van der Waals surface area contributed by atoms with Crippen LogP contribution >= 0.6 is 0 Å². The number of nitrogens with two attached hydrogens (primary N) is 1. The molecule has 0 rings (SSSR count). The SMILES string of the molecule is CC(C)=CCCC(C)=CCCC(C)=CC(N)=O. The van der Waals surface area contributed by atoms with Crippen molar-refractivity contribution in [2.75, 3.05) is 0 Å². The molecular weight excluding hydrogens is 210 g/mol. The number of amides is 1. The molecule has 17 heavy (non-hydrogen) atoms. The molecule has 96 valence electrons. The Bertz CT molecular complexity index is 331. The van der Waals surface area contributed by atoms with Crippen molar-refractivity contribution in [1.82, 2.24) is 0 Å². The first kappa shape index (κ1) is 15.7. The van der Waals surface area contributed by atoms with Gasteiger partial charge in [-0.3, -0.25) is 4.79 Å². The molecule has 0 aromatic rings. The Morgan fingerprint density at radius 1 is 0.941 bits per heavy atom. The highest BCUT2D eigenvalue weighted by atomic mass is 16.1. The minimum atomic E-state index is -0.355. The number of hydrogen-bond acceptors (Lipinski definition) is 1. The van der Waals surface area contributed by atoms with Gasteiger partial charge in [-0.05, 0) is 53.4 Å². The number of allylic oxidation sites excluding steroid dienone is 5. The van der Waals surface area contributed by atoms with Crippen LogP contribution in [0.2, 0.25) is 0 Å². The van der Waals surface area contributed by atoms with Crippen LogP contribution < -0.4 is 5.73 Å². The Hall–Kier alpha value is -1.31. The normalized spacial score (nSPS) is 12.5. The molecule has 0 unspecified atom stereocenters. The van der Waals surface area contributed by atoms with Crippen molar-refractivity contribution < 1.29 is 4.79 Å². The maximum atomic E-state index is 10.6. The Kier molecular flexibility index (Phi) is 8.12. The van der Waals surface area contributed by atoms with E-state index in [0.29, 0.717) is 0 Å². The summed E-state index contributed by atoms with van der Waals surface area (Å²) in [5.41, 5.74) is 8.91. The fourth-order valence-corrected chi connectivity index (χ4v) is 1.55. The lowest BCUT2D eigenvalue weighted by Crippen LogP contribution is -2.06. The molecule has 2 heteroatoms. The van der Waals surface area contributed by atoms with Gasteiger partial charge in [0, 0.05) is 6.08 Å². The topological polar surface area (TPSA) is 43.1 Å². The highest BCUT2D eigenvalue weighted by Crippen LogP contribution is 2.11. The van der Waals surface area contributed by atoms with Crippen LogP contribution in [-0.2, 0) is 4.79 Å². The van der Waals surface area contributed by atoms with Crippen molar-refractivity contribution in [2.24, 2.45) is 5.73 Å². The first-order chi connectivity index (χ1) is 7.91. The van der Waals surface area contributed by atoms with Crippen LogP contribution in [0.4, 0.5) is 0 Å². The summed E-state index contributed by atoms with van der Waals surface area (Å²) in [4.78, 5) is 10.6. The monoisotopic (exact) mass is 235 g/mol. The summed E-state index contributed by atoms with van der Waals surface area (Å²) in [7, 11) is 0. The molecule has 0 atom stereocenters. The molecule has 0 bridgehead atoms. The lowest BCUT2D eigenvalue weighted by molar-refractivity contribution is -0.113. The molecule has 0 fully saturated rings. The van der Waals surface area contributed by atoms with E-state index in [1.54, 1.807) is 0 Å². The summed E-state index contributed by atoms with van der Waals surface area (Å²) in [6, 6.07) is 0. The summed E-state index contributed by atoms with van der Waals surface area (Å²) >= 11 is 0. The molecule has 0 aromatic carbocycles. The van der Waals surface area contributed by atoms with Crippen molar-refractivity contribution in [2.45, 2.75) is 53.4 Å². The third kappa shape index (κ3) is 11.0. The van der Waals surface area contributed by atoms with Crippen molar-refractivity contribution in [1.29, 1.82) is 0 Å². The second kappa shape index (κ2) is 8.80. The third-order valence-electron chi connectivity index (χ3n) is 2.51. The van der Waals surface area contributed by atoms with Crippen molar-refractivity contribution in [3.8, 4) is 0 Å². The zero-order valence-electron chi connectivity index (χ0n) is 11.5. The van der Waals surface area contributed by atoms with Crippen LogP contribution in [0.1, 0.15) is 53.4 Å². The smallest absolute Gasteiger partial charge is 0.241 e. The lowest BCUT2D eigenvalue weighted by Gasteiger charge is -2.00. The van der Waals surface area contributed by atoms with Crippen LogP contribution in [0.5, 0.6) is 0 Å². The molecule has 0 radical (unpaired) electrons. The fourth-order valence-electron chi connectivity index (χ4n) is 1.55. The van der Waals surface area contributed by atoms with Gasteiger partial charge in [-0.25, -0.2) is 0 Å². The fraction of sp³-hybridized carbons (Fsp3) is 0.533. The number of primary amides is 1. The summed E-state index contributed by atoms with van der Waals surface area (Å²) in [5, 5.41) is 0. The van der Waals surface area contributed by atoms with E-state index in [0.717, 1.165) is 31.3 Å². The number of hydrogen-bond donors (Lipinski definition) is 1. The van der Waals surface area contributed by atoms with Gasteiger partial charge in [-0.2, -0.15) is 0 Å². The van der Waals surface area contributed by atoms with Gasteiger partial charge in [-0.1, -0.05) is 28.9 Å². The van der Waals surface area contributed by atoms with E-state index in [1.807, 2.05) is 6.92 Å². The predicted octanol–water partition coefficient (Wildman–Crippen LogP) is 3.89. The number of carbonyl (C=O) groups is 1. The van der Waals surface area contributed by atoms with Crippen LogP contribution in [0.15, 0.2) is 34.9 Å². The van der Waals surface area contributed by atoms with E-state index in [4.69, 9.17) is 5.73 Å². The lowest BCUT2D eigenvalue weighted by atomic mass is 10.1. The molecule has 0 saturated carbocycles. The number of carbonyl (C=O) groups excluding carboxylic acids is 1. The summed E-state index contributed by atoms with van der Waals surface area (Å²) in [6.07, 6.45) is 10.1. The third-order valence-corrected chi connectivity index (χ3v) is 2.51. The second-order valence-electron chi connectivity index (χ2n) is 4.80. The van der Waals surface area contributed by atoms with Crippen molar-refractivity contribution in [3.05, 3.63) is 34.9 Å². The van der Waals surface area contributed by atoms with Crippen LogP contribution in [0.25, 0.3) is 0 Å². The average molecular weight is 235 g/mol. The maximum absolute atomic E-state index is 10.6. The van der Waals surface area contributed by atoms with Crippen LogP contribution in [0.3, 0.4) is 0 Å². The van der Waals surface area contributed by atoms with E-state index < -0.39 is 0 Å². The van der Waals surface area contributed by atoms with Gasteiger partial charge in [0.25, 0.3) is 0 Å². The van der Waals surface area contributed by atoms with Gasteiger partial charge in [0.2, 0.25) is 5.91 Å². The zero-order valence-corrected chi connectivity index (χ0v) is 11.5. The molecule has 0 aromatic heterocycles. The van der Waals surface area contributed by atoms with Crippen molar-refractivity contribution >= 4 is 5.91 Å². The summed E-state index contributed by atoms with van der Waals surface area (Å²) in [6.45, 7) is 8.34. The minimum Gasteiger partial charge on any atom is -0.366 e. The second-order valence-corrected chi connectivity index (χ2v) is 4.80. The molecule has 0 aliphatic rings. The van der Waals surface area contributed by atoms with Gasteiger partial charge in [0.05, 0.1) is 0 Å². The molecule has 0 heterocycles. The molecule has 0 aliphatic heterocycles. The Balaban J connectivity index is 3.92. The summed E-state index contributed by atoms with van der Waals surface area (Å²) in [5.74, 6) is -0.355. The Morgan fingerprint density at radius 2 is 1.47 bits per heavy atom. The zero-order chi connectivity index (χ0) is 13.3. The van der Waals surface area contributed by atoms with E-state index in [1.165, 1.54) is 17.2 Å².